The smallest absolute Gasteiger partial charge is 0.430 e. The molecule has 0 amide bonds. The highest BCUT2D eigenvalue weighted by molar-refractivity contribution is 5.87. The lowest BCUT2D eigenvalue weighted by molar-refractivity contribution is -0.376. The number of fused-ring (bicyclic) bond motifs is 1. The average molecular weight is 341 g/mol. The number of pyridine rings is 1. The lowest BCUT2D eigenvalue weighted by Gasteiger charge is -2.33. The van der Waals surface area contributed by atoms with Crippen LogP contribution in [0.3, 0.4) is 0 Å². The first-order valence-corrected chi connectivity index (χ1v) is 6.02. The normalized spacial score (nSPS) is 13.6. The first-order valence-electron chi connectivity index (χ1n) is 6.02. The number of aliphatic hydroxyl groups is 1. The third-order valence-corrected chi connectivity index (χ3v) is 3.38. The summed E-state index contributed by atoms with van der Waals surface area (Å²) >= 11 is 0. The van der Waals surface area contributed by atoms with Gasteiger partial charge in [0.2, 0.25) is 5.56 Å². The molecule has 23 heavy (non-hydrogen) atoms. The van der Waals surface area contributed by atoms with Crippen LogP contribution in [-0.2, 0) is 5.60 Å². The van der Waals surface area contributed by atoms with Crippen LogP contribution < -0.4 is 5.56 Å². The summed E-state index contributed by atoms with van der Waals surface area (Å²) in [6.07, 6.45) is -12.1. The number of aromatic amines is 1. The second kappa shape index (κ2) is 4.88. The molecule has 0 unspecified atom stereocenters. The second-order valence-corrected chi connectivity index (χ2v) is 4.94. The number of phenolic OH excluding ortho intramolecular Hbond substituents is 1. The fraction of sp³-hybridized carbons (Fsp3) is 0.308. The van der Waals surface area contributed by atoms with Gasteiger partial charge in [0.15, 0.2) is 0 Å². The lowest BCUT2D eigenvalue weighted by atomic mass is 9.90. The summed E-state index contributed by atoms with van der Waals surface area (Å²) in [6, 6.07) is 1.49. The summed E-state index contributed by atoms with van der Waals surface area (Å²) in [4.78, 5) is 13.4. The maximum absolute atomic E-state index is 12.9. The number of rotatable bonds is 1. The Hall–Kier alpha value is -2.23. The topological polar surface area (TPSA) is 73.3 Å². The molecule has 0 aliphatic heterocycles. The Morgan fingerprint density at radius 2 is 1.52 bits per heavy atom. The zero-order valence-corrected chi connectivity index (χ0v) is 11.3. The molecule has 0 saturated heterocycles. The molecule has 2 rings (SSSR count). The van der Waals surface area contributed by atoms with Gasteiger partial charge in [-0.25, -0.2) is 0 Å². The van der Waals surface area contributed by atoms with E-state index in [-0.39, 0.29) is 22.5 Å². The molecule has 0 fully saturated rings. The number of halogens is 6. The van der Waals surface area contributed by atoms with Crippen LogP contribution in [0.1, 0.15) is 11.1 Å². The Morgan fingerprint density at radius 3 is 2.00 bits per heavy atom. The quantitative estimate of drug-likeness (QED) is 0.699. The van der Waals surface area contributed by atoms with Crippen molar-refractivity contribution >= 4 is 10.9 Å². The molecule has 2 aromatic rings. The van der Waals surface area contributed by atoms with Crippen molar-refractivity contribution in [2.24, 2.45) is 0 Å². The van der Waals surface area contributed by atoms with Gasteiger partial charge in [-0.3, -0.25) is 4.79 Å². The van der Waals surface area contributed by atoms with E-state index < -0.39 is 34.8 Å². The third-order valence-electron chi connectivity index (χ3n) is 3.38. The number of hydrogen-bond acceptors (Lipinski definition) is 3. The molecular weight excluding hydrogens is 332 g/mol. The Balaban J connectivity index is 2.90. The highest BCUT2D eigenvalue weighted by Gasteiger charge is 2.71. The molecule has 126 valence electrons. The first kappa shape index (κ1) is 17.1. The lowest BCUT2D eigenvalue weighted by Crippen LogP contribution is -2.53. The van der Waals surface area contributed by atoms with Crippen molar-refractivity contribution in [2.75, 3.05) is 0 Å². The fourth-order valence-electron chi connectivity index (χ4n) is 2.20. The molecule has 0 aliphatic carbocycles. The number of aromatic hydroxyl groups is 1. The van der Waals surface area contributed by atoms with Crippen molar-refractivity contribution < 1.29 is 36.6 Å². The molecule has 0 spiro atoms. The predicted molar refractivity (Wildman–Crippen MR) is 67.0 cm³/mol. The molecule has 0 saturated carbocycles. The van der Waals surface area contributed by atoms with Crippen LogP contribution in [0.2, 0.25) is 0 Å². The van der Waals surface area contributed by atoms with Crippen LogP contribution in [0.4, 0.5) is 26.3 Å². The second-order valence-electron chi connectivity index (χ2n) is 4.94. The van der Waals surface area contributed by atoms with Crippen LogP contribution >= 0.6 is 0 Å². The number of benzene rings is 1. The van der Waals surface area contributed by atoms with Crippen molar-refractivity contribution in [3.63, 3.8) is 0 Å². The highest BCUT2D eigenvalue weighted by Crippen LogP contribution is 2.51. The SMILES string of the molecule is Cc1cc(=O)[nH]c2c(O)cc(C(O)(C(F)(F)F)C(F)(F)F)cc12. The summed E-state index contributed by atoms with van der Waals surface area (Å²) in [5.74, 6) is -1.02. The van der Waals surface area contributed by atoms with Crippen molar-refractivity contribution in [3.8, 4) is 5.75 Å². The number of aromatic nitrogens is 1. The Morgan fingerprint density at radius 1 is 1.00 bits per heavy atom. The van der Waals surface area contributed by atoms with Gasteiger partial charge in [0.1, 0.15) is 5.75 Å². The standard InChI is InChI=1S/C13H9F6NO3/c1-5-2-9(22)20-10-7(5)3-6(4-8(10)21)11(23,12(14,15)16)13(17,18)19/h2-4,21,23H,1H3,(H,20,22). The zero-order valence-electron chi connectivity index (χ0n) is 11.3. The van der Waals surface area contributed by atoms with Crippen molar-refractivity contribution in [2.45, 2.75) is 24.9 Å². The Labute approximate surface area is 124 Å². The summed E-state index contributed by atoms with van der Waals surface area (Å²) < 4.78 is 77.2. The Bertz CT molecular complexity index is 807. The molecule has 3 N–H and O–H groups in total. The summed E-state index contributed by atoms with van der Waals surface area (Å²) in [5.41, 5.74) is -7.75. The van der Waals surface area contributed by atoms with Gasteiger partial charge >= 0.3 is 12.4 Å². The number of aryl methyl sites for hydroxylation is 1. The van der Waals surface area contributed by atoms with Crippen molar-refractivity contribution in [1.82, 2.24) is 4.98 Å². The van der Waals surface area contributed by atoms with E-state index in [1.165, 1.54) is 6.92 Å². The first-order chi connectivity index (χ1) is 10.3. The number of nitrogens with one attached hydrogen (secondary N) is 1. The summed E-state index contributed by atoms with van der Waals surface area (Å²) in [5, 5.41) is 18.8. The van der Waals surface area contributed by atoms with Gasteiger partial charge in [-0.15, -0.1) is 0 Å². The third kappa shape index (κ3) is 2.52. The molecule has 1 aromatic heterocycles. The van der Waals surface area contributed by atoms with E-state index in [4.69, 9.17) is 0 Å². The van der Waals surface area contributed by atoms with Crippen LogP contribution in [0.5, 0.6) is 5.75 Å². The van der Waals surface area contributed by atoms with E-state index >= 15 is 0 Å². The molecular formula is C13H9F6NO3. The van der Waals surface area contributed by atoms with Crippen LogP contribution in [-0.4, -0.2) is 27.5 Å². The monoisotopic (exact) mass is 341 g/mol. The zero-order chi connectivity index (χ0) is 17.8. The minimum absolute atomic E-state index is 0.0348. The van der Waals surface area contributed by atoms with Gasteiger partial charge in [0, 0.05) is 17.0 Å². The van der Waals surface area contributed by atoms with Gasteiger partial charge in [-0.1, -0.05) is 0 Å². The maximum atomic E-state index is 12.9. The largest absolute Gasteiger partial charge is 0.506 e. The number of H-pyrrole nitrogens is 1. The van der Waals surface area contributed by atoms with Gasteiger partial charge in [0.05, 0.1) is 5.52 Å². The number of phenols is 1. The van der Waals surface area contributed by atoms with E-state index in [1.54, 1.807) is 0 Å². The molecule has 0 radical (unpaired) electrons. The van der Waals surface area contributed by atoms with Crippen molar-refractivity contribution in [3.05, 3.63) is 39.7 Å². The van der Waals surface area contributed by atoms with Crippen LogP contribution in [0.25, 0.3) is 10.9 Å². The van der Waals surface area contributed by atoms with Crippen molar-refractivity contribution in [1.29, 1.82) is 0 Å². The molecule has 0 bridgehead atoms. The predicted octanol–water partition coefficient (Wildman–Crippen LogP) is 2.85. The maximum Gasteiger partial charge on any atom is 0.430 e. The minimum atomic E-state index is -6.07. The van der Waals surface area contributed by atoms with Crippen LogP contribution in [0, 0.1) is 6.92 Å². The summed E-state index contributed by atoms with van der Waals surface area (Å²) in [7, 11) is 0. The minimum Gasteiger partial charge on any atom is -0.506 e. The Kier molecular flexibility index (Phi) is 3.64. The molecule has 1 heterocycles. The van der Waals surface area contributed by atoms with Gasteiger partial charge in [-0.05, 0) is 24.6 Å². The number of alkyl halides is 6. The molecule has 4 nitrogen and oxygen atoms in total. The van der Waals surface area contributed by atoms with Gasteiger partial charge < -0.3 is 15.2 Å². The fourth-order valence-corrected chi connectivity index (χ4v) is 2.20. The van der Waals surface area contributed by atoms with Crippen LogP contribution in [0.15, 0.2) is 23.0 Å². The summed E-state index contributed by atoms with van der Waals surface area (Å²) in [6.45, 7) is 1.26. The van der Waals surface area contributed by atoms with E-state index in [1.807, 2.05) is 0 Å². The molecule has 1 aromatic carbocycles. The average Bonchev–Trinajstić information content (AvgIpc) is 2.36. The number of hydrogen-bond donors (Lipinski definition) is 3. The highest BCUT2D eigenvalue weighted by atomic mass is 19.4. The molecule has 10 heteroatoms. The van der Waals surface area contributed by atoms with E-state index in [2.05, 4.69) is 4.98 Å². The molecule has 0 aliphatic rings. The molecule has 0 atom stereocenters. The van der Waals surface area contributed by atoms with E-state index in [0.29, 0.717) is 6.07 Å². The van der Waals surface area contributed by atoms with Gasteiger partial charge in [0.25, 0.3) is 5.60 Å². The van der Waals surface area contributed by atoms with Gasteiger partial charge in [-0.2, -0.15) is 26.3 Å². The van der Waals surface area contributed by atoms with E-state index in [0.717, 1.165) is 6.07 Å². The van der Waals surface area contributed by atoms with E-state index in [9.17, 15) is 41.4 Å².